The van der Waals surface area contributed by atoms with Crippen LogP contribution in [0.2, 0.25) is 0 Å². The first-order chi connectivity index (χ1) is 9.80. The van der Waals surface area contributed by atoms with Crippen molar-refractivity contribution in [1.82, 2.24) is 10.0 Å². The van der Waals surface area contributed by atoms with E-state index in [0.717, 1.165) is 16.5 Å². The predicted octanol–water partition coefficient (Wildman–Crippen LogP) is 2.93. The SMILES string of the molecule is CCCNC(=NC)NS(O)(O)C(C1=C(Br)C1C)[C@@H](C)OC. The number of aliphatic imine (C=N–C) groups is 1. The maximum Gasteiger partial charge on any atom is 0.209 e. The van der Waals surface area contributed by atoms with Gasteiger partial charge in [-0.15, -0.1) is 10.8 Å². The Hall–Kier alpha value is -0.280. The summed E-state index contributed by atoms with van der Waals surface area (Å²) in [6, 6.07) is 0. The zero-order valence-electron chi connectivity index (χ0n) is 13.2. The average Bonchev–Trinajstić information content (AvgIpc) is 3.01. The Morgan fingerprint density at radius 1 is 1.52 bits per heavy atom. The molecule has 0 amide bonds. The normalized spacial score (nSPS) is 22.9. The molecule has 3 atom stereocenters. The molecule has 1 rings (SSSR count). The molecule has 1 aliphatic carbocycles. The highest BCUT2D eigenvalue weighted by atomic mass is 79.9. The lowest BCUT2D eigenvalue weighted by Gasteiger charge is -2.42. The molecule has 1 aliphatic rings. The van der Waals surface area contributed by atoms with E-state index in [9.17, 15) is 9.11 Å². The van der Waals surface area contributed by atoms with Crippen LogP contribution in [0.3, 0.4) is 0 Å². The van der Waals surface area contributed by atoms with E-state index in [4.69, 9.17) is 4.74 Å². The monoisotopic (exact) mass is 383 g/mol. The van der Waals surface area contributed by atoms with Crippen LogP contribution in [-0.2, 0) is 4.74 Å². The van der Waals surface area contributed by atoms with Crippen LogP contribution in [0.15, 0.2) is 15.0 Å². The van der Waals surface area contributed by atoms with Crippen molar-refractivity contribution in [3.05, 3.63) is 10.1 Å². The summed E-state index contributed by atoms with van der Waals surface area (Å²) >= 11 is 3.47. The van der Waals surface area contributed by atoms with Gasteiger partial charge in [0, 0.05) is 31.1 Å². The first-order valence-corrected chi connectivity index (χ1v) is 9.38. The molecule has 21 heavy (non-hydrogen) atoms. The summed E-state index contributed by atoms with van der Waals surface area (Å²) in [6.45, 7) is 6.60. The van der Waals surface area contributed by atoms with E-state index in [-0.39, 0.29) is 12.0 Å². The summed E-state index contributed by atoms with van der Waals surface area (Å²) in [5.41, 5.74) is 0.989. The van der Waals surface area contributed by atoms with Gasteiger partial charge in [-0.2, -0.15) is 0 Å². The third kappa shape index (κ3) is 4.59. The standard InChI is InChI=1S/C13H26BrN3O3S/c1-6-7-16-13(15-4)17-21(18,19)12(9(3)20-5)10-8(2)11(10)14/h8-9,12,18-19H,6-7H2,1-5H3,(H2,15,16,17)/t8?,9-,12?/m1/s1. The highest BCUT2D eigenvalue weighted by Crippen LogP contribution is 2.57. The Balaban J connectivity index is 2.89. The van der Waals surface area contributed by atoms with Crippen LogP contribution in [-0.4, -0.2) is 47.1 Å². The molecule has 0 bridgehead atoms. The summed E-state index contributed by atoms with van der Waals surface area (Å²) in [5.74, 6) is 0.612. The van der Waals surface area contributed by atoms with E-state index < -0.39 is 16.0 Å². The second kappa shape index (κ2) is 7.82. The molecule has 0 radical (unpaired) electrons. The highest BCUT2D eigenvalue weighted by Gasteiger charge is 2.46. The van der Waals surface area contributed by atoms with Crippen molar-refractivity contribution in [3.63, 3.8) is 0 Å². The van der Waals surface area contributed by atoms with Gasteiger partial charge < -0.3 is 10.1 Å². The molecule has 8 heteroatoms. The van der Waals surface area contributed by atoms with Crippen LogP contribution >= 0.6 is 26.7 Å². The number of hydrogen-bond donors (Lipinski definition) is 4. The molecule has 0 saturated carbocycles. The van der Waals surface area contributed by atoms with Crippen molar-refractivity contribution in [2.75, 3.05) is 20.7 Å². The van der Waals surface area contributed by atoms with Crippen LogP contribution in [0.1, 0.15) is 27.2 Å². The minimum atomic E-state index is -3.13. The zero-order valence-corrected chi connectivity index (χ0v) is 15.6. The van der Waals surface area contributed by atoms with Gasteiger partial charge in [-0.05, 0) is 18.9 Å². The fourth-order valence-electron chi connectivity index (χ4n) is 2.13. The van der Waals surface area contributed by atoms with E-state index in [1.165, 1.54) is 0 Å². The van der Waals surface area contributed by atoms with Gasteiger partial charge >= 0.3 is 0 Å². The van der Waals surface area contributed by atoms with E-state index in [1.54, 1.807) is 14.2 Å². The van der Waals surface area contributed by atoms with Crippen LogP contribution in [0.5, 0.6) is 0 Å². The van der Waals surface area contributed by atoms with Crippen molar-refractivity contribution >= 4 is 32.7 Å². The summed E-state index contributed by atoms with van der Waals surface area (Å²) in [6.07, 6.45) is 0.602. The lowest BCUT2D eigenvalue weighted by atomic mass is 10.2. The Morgan fingerprint density at radius 2 is 2.10 bits per heavy atom. The summed E-state index contributed by atoms with van der Waals surface area (Å²) in [7, 11) is 0.0355. The van der Waals surface area contributed by atoms with Crippen LogP contribution in [0.25, 0.3) is 0 Å². The highest BCUT2D eigenvalue weighted by molar-refractivity contribution is 9.12. The molecule has 0 aromatic heterocycles. The van der Waals surface area contributed by atoms with Gasteiger partial charge in [0.15, 0.2) is 0 Å². The van der Waals surface area contributed by atoms with Gasteiger partial charge in [0.25, 0.3) is 0 Å². The molecule has 0 heterocycles. The van der Waals surface area contributed by atoms with Crippen molar-refractivity contribution in [3.8, 4) is 0 Å². The third-order valence-corrected chi connectivity index (χ3v) is 6.49. The molecule has 6 nitrogen and oxygen atoms in total. The van der Waals surface area contributed by atoms with Crippen molar-refractivity contribution in [2.45, 2.75) is 38.5 Å². The lowest BCUT2D eigenvalue weighted by molar-refractivity contribution is 0.118. The minimum Gasteiger partial charge on any atom is -0.379 e. The van der Waals surface area contributed by atoms with Gasteiger partial charge in [0.2, 0.25) is 5.96 Å². The number of hydrogen-bond acceptors (Lipinski definition) is 4. The molecule has 4 N–H and O–H groups in total. The van der Waals surface area contributed by atoms with Crippen molar-refractivity contribution < 1.29 is 13.8 Å². The zero-order chi connectivity index (χ0) is 16.2. The maximum atomic E-state index is 10.6. The number of ether oxygens (including phenoxy) is 1. The van der Waals surface area contributed by atoms with Gasteiger partial charge in [-0.1, -0.05) is 29.8 Å². The molecule has 0 aromatic carbocycles. The van der Waals surface area contributed by atoms with Crippen LogP contribution in [0.4, 0.5) is 0 Å². The first kappa shape index (κ1) is 18.8. The summed E-state index contributed by atoms with van der Waals surface area (Å²) in [4.78, 5) is 4.02. The smallest absolute Gasteiger partial charge is 0.209 e. The second-order valence-corrected chi connectivity index (χ2v) is 7.83. The summed E-state index contributed by atoms with van der Waals surface area (Å²) in [5, 5.41) is 2.53. The molecule has 0 spiro atoms. The Labute approximate surface area is 137 Å². The minimum absolute atomic E-state index is 0.228. The quantitative estimate of drug-likeness (QED) is 0.401. The van der Waals surface area contributed by atoms with E-state index in [2.05, 4.69) is 31.0 Å². The fraction of sp³-hybridized carbons (Fsp3) is 0.769. The Bertz CT molecular complexity index is 429. The molecular formula is C13H26BrN3O3S. The Morgan fingerprint density at radius 3 is 2.48 bits per heavy atom. The van der Waals surface area contributed by atoms with Crippen LogP contribution in [0, 0.1) is 5.92 Å². The molecule has 0 aromatic rings. The second-order valence-electron chi connectivity index (χ2n) is 5.08. The van der Waals surface area contributed by atoms with Gasteiger partial charge in [0.05, 0.1) is 6.10 Å². The van der Waals surface area contributed by atoms with E-state index >= 15 is 0 Å². The van der Waals surface area contributed by atoms with Gasteiger partial charge in [-0.3, -0.25) is 18.8 Å². The predicted molar refractivity (Wildman–Crippen MR) is 93.0 cm³/mol. The third-order valence-electron chi connectivity index (χ3n) is 3.51. The topological polar surface area (TPSA) is 86.1 Å². The van der Waals surface area contributed by atoms with Gasteiger partial charge in [-0.25, -0.2) is 0 Å². The molecule has 0 saturated heterocycles. The van der Waals surface area contributed by atoms with Crippen molar-refractivity contribution in [2.24, 2.45) is 10.9 Å². The largest absolute Gasteiger partial charge is 0.379 e. The first-order valence-electron chi connectivity index (χ1n) is 6.97. The number of allylic oxidation sites excluding steroid dienone is 1. The number of nitrogens with zero attached hydrogens (tertiary/aromatic N) is 1. The fourth-order valence-corrected chi connectivity index (χ4v) is 4.91. The molecular weight excluding hydrogens is 358 g/mol. The number of guanidine groups is 1. The van der Waals surface area contributed by atoms with E-state index in [1.807, 2.05) is 20.8 Å². The maximum absolute atomic E-state index is 10.6. The number of rotatable bonds is 7. The molecule has 0 fully saturated rings. The average molecular weight is 384 g/mol. The number of halogens is 1. The lowest BCUT2D eigenvalue weighted by Crippen LogP contribution is -2.45. The molecule has 2 unspecified atom stereocenters. The number of methoxy groups -OCH3 is 1. The van der Waals surface area contributed by atoms with Crippen LogP contribution < -0.4 is 10.0 Å². The summed E-state index contributed by atoms with van der Waals surface area (Å²) < 4.78 is 30.3. The molecule has 124 valence electrons. The van der Waals surface area contributed by atoms with Crippen molar-refractivity contribution in [1.29, 1.82) is 0 Å². The van der Waals surface area contributed by atoms with Gasteiger partial charge in [0.1, 0.15) is 5.25 Å². The van der Waals surface area contributed by atoms with E-state index in [0.29, 0.717) is 12.5 Å². The Kier molecular flexibility index (Phi) is 6.99. The number of nitrogens with one attached hydrogen (secondary N) is 2. The molecule has 0 aliphatic heterocycles.